The van der Waals surface area contributed by atoms with Crippen molar-refractivity contribution in [3.8, 4) is 0 Å². The molecular weight excluding hydrogens is 214 g/mol. The summed E-state index contributed by atoms with van der Waals surface area (Å²) in [5, 5.41) is 9.15. The van der Waals surface area contributed by atoms with Gasteiger partial charge in [-0.2, -0.15) is 0 Å². The van der Waals surface area contributed by atoms with E-state index in [0.717, 1.165) is 31.5 Å². The molecule has 0 saturated carbocycles. The maximum Gasteiger partial charge on any atom is 0.335 e. The zero-order valence-corrected chi connectivity index (χ0v) is 10.4. The van der Waals surface area contributed by atoms with Crippen molar-refractivity contribution in [1.29, 1.82) is 0 Å². The van der Waals surface area contributed by atoms with E-state index in [9.17, 15) is 4.79 Å². The molecule has 1 N–H and O–H groups in total. The van der Waals surface area contributed by atoms with E-state index in [0.29, 0.717) is 11.6 Å². The predicted octanol–water partition coefficient (Wildman–Crippen LogP) is 2.54. The van der Waals surface area contributed by atoms with Crippen molar-refractivity contribution < 1.29 is 9.90 Å². The number of fused-ring (bicyclic) bond motifs is 1. The number of rotatable bonds is 3. The van der Waals surface area contributed by atoms with Gasteiger partial charge < -0.3 is 5.11 Å². The Labute approximate surface area is 102 Å². The lowest BCUT2D eigenvalue weighted by Gasteiger charge is -2.33. The molecule has 92 valence electrons. The first-order valence-corrected chi connectivity index (χ1v) is 6.21. The molecule has 2 rings (SSSR count). The Balaban J connectivity index is 2.28. The summed E-state index contributed by atoms with van der Waals surface area (Å²) >= 11 is 0. The number of nitrogens with zero attached hydrogens (tertiary/aromatic N) is 1. The number of carboxylic acids is 1. The summed E-state index contributed by atoms with van der Waals surface area (Å²) < 4.78 is 0. The Kier molecular flexibility index (Phi) is 3.48. The third-order valence-corrected chi connectivity index (χ3v) is 3.74. The Morgan fingerprint density at radius 2 is 2.29 bits per heavy atom. The molecular formula is C14H19NO2. The van der Waals surface area contributed by atoms with Crippen molar-refractivity contribution in [3.63, 3.8) is 0 Å². The summed E-state index contributed by atoms with van der Waals surface area (Å²) in [5.74, 6) is -0.807. The molecule has 0 fully saturated rings. The summed E-state index contributed by atoms with van der Waals surface area (Å²) in [7, 11) is 0. The lowest BCUT2D eigenvalue weighted by molar-refractivity contribution is 0.0694. The summed E-state index contributed by atoms with van der Waals surface area (Å²) in [6.07, 6.45) is 1.98. The van der Waals surface area contributed by atoms with E-state index in [4.69, 9.17) is 5.11 Å². The first kappa shape index (κ1) is 12.1. The lowest BCUT2D eigenvalue weighted by atomic mass is 9.93. The van der Waals surface area contributed by atoms with Gasteiger partial charge in [-0.1, -0.05) is 19.1 Å². The van der Waals surface area contributed by atoms with E-state index in [-0.39, 0.29) is 0 Å². The Morgan fingerprint density at radius 3 is 2.94 bits per heavy atom. The minimum absolute atomic E-state index is 0.478. The average molecular weight is 233 g/mol. The molecule has 1 aliphatic rings. The van der Waals surface area contributed by atoms with Crippen LogP contribution in [0.15, 0.2) is 18.2 Å². The second-order valence-corrected chi connectivity index (χ2v) is 4.73. The highest BCUT2D eigenvalue weighted by Gasteiger charge is 2.23. The van der Waals surface area contributed by atoms with Crippen LogP contribution in [0.5, 0.6) is 0 Å². The van der Waals surface area contributed by atoms with E-state index in [2.05, 4.69) is 24.8 Å². The second-order valence-electron chi connectivity index (χ2n) is 4.73. The van der Waals surface area contributed by atoms with E-state index in [1.54, 1.807) is 6.07 Å². The summed E-state index contributed by atoms with van der Waals surface area (Å²) in [6.45, 7) is 6.26. The standard InChI is InChI=1S/C14H19NO2/c1-3-10(2)15-8-7-12-11(9-15)5-4-6-13(12)14(16)17/h4-6,10H,3,7-9H2,1-2H3,(H,16,17). The van der Waals surface area contributed by atoms with Crippen LogP contribution in [0.4, 0.5) is 0 Å². The average Bonchev–Trinajstić information content (AvgIpc) is 2.36. The minimum atomic E-state index is -0.807. The highest BCUT2D eigenvalue weighted by molar-refractivity contribution is 5.89. The molecule has 0 aliphatic carbocycles. The fourth-order valence-corrected chi connectivity index (χ4v) is 2.47. The van der Waals surface area contributed by atoms with Crippen LogP contribution in [-0.2, 0) is 13.0 Å². The quantitative estimate of drug-likeness (QED) is 0.872. The molecule has 0 spiro atoms. The molecule has 3 nitrogen and oxygen atoms in total. The molecule has 1 atom stereocenters. The normalized spacial score (nSPS) is 17.5. The van der Waals surface area contributed by atoms with Gasteiger partial charge in [0.15, 0.2) is 0 Å². The van der Waals surface area contributed by atoms with Crippen LogP contribution in [0.25, 0.3) is 0 Å². The van der Waals surface area contributed by atoms with Crippen LogP contribution in [0.2, 0.25) is 0 Å². The number of hydrogen-bond acceptors (Lipinski definition) is 2. The van der Waals surface area contributed by atoms with Crippen molar-refractivity contribution >= 4 is 5.97 Å². The maximum absolute atomic E-state index is 11.1. The monoisotopic (exact) mass is 233 g/mol. The molecule has 1 unspecified atom stereocenters. The number of carboxylic acid groups (broad SMARTS) is 1. The van der Waals surface area contributed by atoms with Gasteiger partial charge in [0.25, 0.3) is 0 Å². The first-order valence-electron chi connectivity index (χ1n) is 6.21. The van der Waals surface area contributed by atoms with Crippen molar-refractivity contribution in [1.82, 2.24) is 4.90 Å². The number of hydrogen-bond donors (Lipinski definition) is 1. The number of benzene rings is 1. The Morgan fingerprint density at radius 1 is 1.53 bits per heavy atom. The highest BCUT2D eigenvalue weighted by Crippen LogP contribution is 2.24. The topological polar surface area (TPSA) is 40.5 Å². The fraction of sp³-hybridized carbons (Fsp3) is 0.500. The van der Waals surface area contributed by atoms with Crippen LogP contribution in [-0.4, -0.2) is 28.6 Å². The summed E-state index contributed by atoms with van der Waals surface area (Å²) in [5.41, 5.74) is 2.68. The highest BCUT2D eigenvalue weighted by atomic mass is 16.4. The molecule has 1 aliphatic heterocycles. The second kappa shape index (κ2) is 4.88. The van der Waals surface area contributed by atoms with Gasteiger partial charge in [0, 0.05) is 19.1 Å². The molecule has 1 heterocycles. The summed E-state index contributed by atoms with van der Waals surface area (Å²) in [6, 6.07) is 6.18. The van der Waals surface area contributed by atoms with E-state index in [1.165, 1.54) is 5.56 Å². The van der Waals surface area contributed by atoms with Crippen LogP contribution in [0.1, 0.15) is 41.8 Å². The van der Waals surface area contributed by atoms with Gasteiger partial charge in [-0.3, -0.25) is 4.90 Å². The van der Waals surface area contributed by atoms with Crippen molar-refractivity contribution in [3.05, 3.63) is 34.9 Å². The van der Waals surface area contributed by atoms with E-state index >= 15 is 0 Å². The van der Waals surface area contributed by atoms with E-state index < -0.39 is 5.97 Å². The van der Waals surface area contributed by atoms with Crippen LogP contribution >= 0.6 is 0 Å². The predicted molar refractivity (Wildman–Crippen MR) is 67.3 cm³/mol. The number of carbonyl (C=O) groups is 1. The molecule has 17 heavy (non-hydrogen) atoms. The van der Waals surface area contributed by atoms with Crippen LogP contribution in [0, 0.1) is 0 Å². The van der Waals surface area contributed by atoms with Gasteiger partial charge in [-0.15, -0.1) is 0 Å². The van der Waals surface area contributed by atoms with Crippen molar-refractivity contribution in [2.24, 2.45) is 0 Å². The molecule has 1 aromatic carbocycles. The summed E-state index contributed by atoms with van der Waals surface area (Å²) in [4.78, 5) is 13.6. The van der Waals surface area contributed by atoms with Gasteiger partial charge in [-0.05, 0) is 37.0 Å². The SMILES string of the molecule is CCC(C)N1CCc2c(cccc2C(=O)O)C1. The molecule has 0 amide bonds. The third kappa shape index (κ3) is 2.34. The fourth-order valence-electron chi connectivity index (χ4n) is 2.47. The molecule has 0 saturated heterocycles. The molecule has 3 heteroatoms. The molecule has 0 aromatic heterocycles. The smallest absolute Gasteiger partial charge is 0.335 e. The first-order chi connectivity index (χ1) is 8.13. The molecule has 0 bridgehead atoms. The maximum atomic E-state index is 11.1. The van der Waals surface area contributed by atoms with Gasteiger partial charge in [0.05, 0.1) is 5.56 Å². The third-order valence-electron chi connectivity index (χ3n) is 3.74. The van der Waals surface area contributed by atoms with Gasteiger partial charge in [-0.25, -0.2) is 4.79 Å². The van der Waals surface area contributed by atoms with Crippen molar-refractivity contribution in [2.75, 3.05) is 6.54 Å². The van der Waals surface area contributed by atoms with Gasteiger partial charge in [0.1, 0.15) is 0 Å². The van der Waals surface area contributed by atoms with E-state index in [1.807, 2.05) is 6.07 Å². The largest absolute Gasteiger partial charge is 0.478 e. The Bertz CT molecular complexity index is 428. The zero-order valence-electron chi connectivity index (χ0n) is 10.4. The van der Waals surface area contributed by atoms with Crippen LogP contribution in [0.3, 0.4) is 0 Å². The zero-order chi connectivity index (χ0) is 12.4. The van der Waals surface area contributed by atoms with Gasteiger partial charge in [0.2, 0.25) is 0 Å². The van der Waals surface area contributed by atoms with Crippen molar-refractivity contribution in [2.45, 2.75) is 39.3 Å². The lowest BCUT2D eigenvalue weighted by Crippen LogP contribution is -2.37. The van der Waals surface area contributed by atoms with Crippen LogP contribution < -0.4 is 0 Å². The molecule has 0 radical (unpaired) electrons. The number of aromatic carboxylic acids is 1. The van der Waals surface area contributed by atoms with Gasteiger partial charge >= 0.3 is 5.97 Å². The minimum Gasteiger partial charge on any atom is -0.478 e. The molecule has 1 aromatic rings. The Hall–Kier alpha value is -1.35.